The molecular weight excluding hydrogens is 384 g/mol. The van der Waals surface area contributed by atoms with E-state index in [4.69, 9.17) is 0 Å². The highest BCUT2D eigenvalue weighted by molar-refractivity contribution is 9.10. The first kappa shape index (κ1) is 17.9. The lowest BCUT2D eigenvalue weighted by molar-refractivity contribution is -0.221. The van der Waals surface area contributed by atoms with Crippen molar-refractivity contribution in [1.29, 1.82) is 0 Å². The summed E-state index contributed by atoms with van der Waals surface area (Å²) in [5, 5.41) is 22.2. The van der Waals surface area contributed by atoms with E-state index in [2.05, 4.69) is 29.4 Å². The molecule has 138 valence electrons. The Morgan fingerprint density at radius 1 is 1.12 bits per heavy atom. The number of hydrogen-bond acceptors (Lipinski definition) is 4. The van der Waals surface area contributed by atoms with Crippen molar-refractivity contribution in [2.75, 3.05) is 0 Å². The van der Waals surface area contributed by atoms with Gasteiger partial charge in [0.2, 0.25) is 0 Å². The Kier molecular flexibility index (Phi) is 3.61. The zero-order valence-corrected chi connectivity index (χ0v) is 16.7. The van der Waals surface area contributed by atoms with Crippen LogP contribution in [0.5, 0.6) is 0 Å². The van der Waals surface area contributed by atoms with E-state index in [-0.39, 0.29) is 39.6 Å². The smallest absolute Gasteiger partial charge is 0.170 e. The van der Waals surface area contributed by atoms with Gasteiger partial charge in [-0.1, -0.05) is 43.3 Å². The molecule has 0 aromatic carbocycles. The van der Waals surface area contributed by atoms with Crippen LogP contribution in [0.25, 0.3) is 0 Å². The Hall–Kier alpha value is -0.520. The fourth-order valence-corrected chi connectivity index (χ4v) is 8.52. The Morgan fingerprint density at radius 2 is 1.76 bits per heavy atom. The molecule has 0 aliphatic heterocycles. The van der Waals surface area contributed by atoms with Crippen LogP contribution in [0.2, 0.25) is 0 Å². The van der Waals surface area contributed by atoms with Crippen LogP contribution in [0.1, 0.15) is 46.5 Å². The highest BCUT2D eigenvalue weighted by Crippen LogP contribution is 2.70. The Balaban J connectivity index is 1.90. The third-order valence-electron chi connectivity index (χ3n) is 8.36. The maximum Gasteiger partial charge on any atom is 0.170 e. The second-order valence-corrected chi connectivity index (χ2v) is 10.6. The number of halogens is 1. The minimum Gasteiger partial charge on any atom is -0.392 e. The van der Waals surface area contributed by atoms with E-state index in [0.29, 0.717) is 18.4 Å². The van der Waals surface area contributed by atoms with Crippen LogP contribution in [-0.2, 0) is 9.59 Å². The second-order valence-electron chi connectivity index (χ2n) is 9.54. The second kappa shape index (κ2) is 5.05. The largest absolute Gasteiger partial charge is 0.392 e. The van der Waals surface area contributed by atoms with E-state index in [0.717, 1.165) is 12.8 Å². The van der Waals surface area contributed by atoms with Crippen molar-refractivity contribution < 1.29 is 19.8 Å². The first-order chi connectivity index (χ1) is 11.5. The molecule has 4 nitrogen and oxygen atoms in total. The Bertz CT molecular complexity index is 685. The summed E-state index contributed by atoms with van der Waals surface area (Å²) >= 11 is 3.57. The van der Waals surface area contributed by atoms with Crippen molar-refractivity contribution in [3.63, 3.8) is 0 Å². The van der Waals surface area contributed by atoms with Gasteiger partial charge in [-0.15, -0.1) is 0 Å². The predicted octanol–water partition coefficient (Wildman–Crippen LogP) is 2.65. The van der Waals surface area contributed by atoms with Crippen molar-refractivity contribution in [1.82, 2.24) is 0 Å². The van der Waals surface area contributed by atoms with Gasteiger partial charge in [0.25, 0.3) is 0 Å². The molecule has 4 saturated carbocycles. The standard InChI is InChI=1S/C20H27BrO4/c1-9-10-5-6-12-19(4)8-11(21)17(25)18(2,3)13(19)7-14(22)20(12,15(9)23)16(10)24/h10-14,16,22,24H,1,5-8H2,2-4H3/t10?,11?,12-,13+,14+,16+,19-,20-/m0/s1. The molecular formula is C20H27BrO4. The van der Waals surface area contributed by atoms with E-state index in [1.54, 1.807) is 0 Å². The molecule has 2 N–H and O–H groups in total. The van der Waals surface area contributed by atoms with Gasteiger partial charge in [0.15, 0.2) is 11.6 Å². The zero-order chi connectivity index (χ0) is 18.5. The van der Waals surface area contributed by atoms with Gasteiger partial charge >= 0.3 is 0 Å². The fourth-order valence-electron chi connectivity index (χ4n) is 7.23. The molecule has 1 spiro atoms. The summed E-state index contributed by atoms with van der Waals surface area (Å²) in [7, 11) is 0. The normalized spacial score (nSPS) is 54.2. The maximum absolute atomic E-state index is 13.2. The summed E-state index contributed by atoms with van der Waals surface area (Å²) in [4.78, 5) is 25.7. The molecule has 4 rings (SSSR count). The van der Waals surface area contributed by atoms with Crippen LogP contribution in [0.15, 0.2) is 12.2 Å². The number of carbonyl (C=O) groups excluding carboxylic acids is 2. The van der Waals surface area contributed by atoms with Crippen molar-refractivity contribution in [3.05, 3.63) is 12.2 Å². The van der Waals surface area contributed by atoms with Gasteiger partial charge in [-0.3, -0.25) is 9.59 Å². The van der Waals surface area contributed by atoms with E-state index in [9.17, 15) is 19.8 Å². The third-order valence-corrected chi connectivity index (χ3v) is 9.10. The molecule has 0 saturated heterocycles. The summed E-state index contributed by atoms with van der Waals surface area (Å²) < 4.78 is 0. The molecule has 4 aliphatic carbocycles. The molecule has 25 heavy (non-hydrogen) atoms. The number of rotatable bonds is 0. The Labute approximate surface area is 157 Å². The predicted molar refractivity (Wildman–Crippen MR) is 97.1 cm³/mol. The number of carbonyl (C=O) groups is 2. The lowest BCUT2D eigenvalue weighted by atomic mass is 9.39. The lowest BCUT2D eigenvalue weighted by Gasteiger charge is -2.65. The zero-order valence-electron chi connectivity index (χ0n) is 15.1. The van der Waals surface area contributed by atoms with Crippen molar-refractivity contribution in [2.24, 2.45) is 34.0 Å². The molecule has 2 unspecified atom stereocenters. The quantitative estimate of drug-likeness (QED) is 0.475. The minimum atomic E-state index is -1.13. The monoisotopic (exact) mass is 410 g/mol. The van der Waals surface area contributed by atoms with E-state index >= 15 is 0 Å². The van der Waals surface area contributed by atoms with Gasteiger partial charge in [-0.05, 0) is 48.5 Å². The molecule has 0 radical (unpaired) electrons. The summed E-state index contributed by atoms with van der Waals surface area (Å²) in [6, 6.07) is 0. The number of ketones is 2. The lowest BCUT2D eigenvalue weighted by Crippen LogP contribution is -2.69. The van der Waals surface area contributed by atoms with Gasteiger partial charge in [0.1, 0.15) is 0 Å². The number of Topliss-reactive ketones (excluding diaryl/α,β-unsaturated/α-hetero) is 2. The number of aliphatic hydroxyl groups excluding tert-OH is 2. The van der Waals surface area contributed by atoms with Gasteiger partial charge in [-0.2, -0.15) is 0 Å². The van der Waals surface area contributed by atoms with E-state index < -0.39 is 23.0 Å². The summed E-state index contributed by atoms with van der Waals surface area (Å²) in [6.07, 6.45) is 0.784. The molecule has 4 aliphatic rings. The third kappa shape index (κ3) is 1.80. The molecule has 0 heterocycles. The number of aliphatic hydroxyl groups is 2. The number of alkyl halides is 1. The molecule has 5 heteroatoms. The van der Waals surface area contributed by atoms with E-state index in [1.165, 1.54) is 0 Å². The van der Waals surface area contributed by atoms with Gasteiger partial charge < -0.3 is 10.2 Å². The molecule has 2 bridgehead atoms. The Morgan fingerprint density at radius 3 is 2.40 bits per heavy atom. The van der Waals surface area contributed by atoms with Crippen molar-refractivity contribution in [2.45, 2.75) is 63.5 Å². The van der Waals surface area contributed by atoms with Crippen LogP contribution in [-0.4, -0.2) is 38.8 Å². The van der Waals surface area contributed by atoms with Crippen LogP contribution in [0, 0.1) is 34.0 Å². The van der Waals surface area contributed by atoms with Crippen molar-refractivity contribution in [3.8, 4) is 0 Å². The molecule has 0 amide bonds. The average Bonchev–Trinajstić information content (AvgIpc) is 2.65. The molecule has 0 aromatic rings. The topological polar surface area (TPSA) is 74.6 Å². The van der Waals surface area contributed by atoms with Crippen molar-refractivity contribution >= 4 is 27.5 Å². The number of hydrogen-bond donors (Lipinski definition) is 2. The first-order valence-electron chi connectivity index (χ1n) is 9.28. The van der Waals surface area contributed by atoms with Gasteiger partial charge in [0, 0.05) is 11.3 Å². The van der Waals surface area contributed by atoms with Crippen LogP contribution >= 0.6 is 15.9 Å². The van der Waals surface area contributed by atoms with Gasteiger partial charge in [0.05, 0.1) is 22.5 Å². The number of fused-ring (bicyclic) bond motifs is 3. The molecule has 8 atom stereocenters. The summed E-state index contributed by atoms with van der Waals surface area (Å²) in [5.41, 5.74) is -1.49. The molecule has 0 aromatic heterocycles. The SMILES string of the molecule is C=C1C(=O)[C@@]23[C@H](O)C[C@@H]4C(C)(C)C(=O)C(Br)C[C@@]4(C)[C@@H]2CCC1[C@H]3O. The van der Waals surface area contributed by atoms with Gasteiger partial charge in [-0.25, -0.2) is 0 Å². The average molecular weight is 411 g/mol. The van der Waals surface area contributed by atoms with E-state index in [1.807, 2.05) is 13.8 Å². The minimum absolute atomic E-state index is 0.00246. The van der Waals surface area contributed by atoms with Crippen LogP contribution in [0.4, 0.5) is 0 Å². The van der Waals surface area contributed by atoms with Crippen LogP contribution < -0.4 is 0 Å². The highest BCUT2D eigenvalue weighted by Gasteiger charge is 2.74. The highest BCUT2D eigenvalue weighted by atomic mass is 79.9. The first-order valence-corrected chi connectivity index (χ1v) is 10.2. The van der Waals surface area contributed by atoms with Crippen LogP contribution in [0.3, 0.4) is 0 Å². The maximum atomic E-state index is 13.2. The molecule has 4 fully saturated rings. The summed E-state index contributed by atoms with van der Waals surface area (Å²) in [5.74, 6) is -0.317. The fraction of sp³-hybridized carbons (Fsp3) is 0.800. The summed E-state index contributed by atoms with van der Waals surface area (Å²) in [6.45, 7) is 10.0.